The number of carbonyl (C=O) groups excluding carboxylic acids is 2. The lowest BCUT2D eigenvalue weighted by Crippen LogP contribution is -1.98. The summed E-state index contributed by atoms with van der Waals surface area (Å²) in [6.07, 6.45) is 2.33. The maximum absolute atomic E-state index is 11.8. The summed E-state index contributed by atoms with van der Waals surface area (Å²) >= 11 is 0. The molecule has 0 fully saturated rings. The van der Waals surface area contributed by atoms with Gasteiger partial charge in [0.15, 0.2) is 5.78 Å². The van der Waals surface area contributed by atoms with Gasteiger partial charge in [-0.25, -0.2) is 4.79 Å². The summed E-state index contributed by atoms with van der Waals surface area (Å²) < 4.78 is 4.44. The third kappa shape index (κ3) is 3.42. The normalized spacial score (nSPS) is 10.4. The molecule has 0 saturated carbocycles. The molecule has 2 rings (SSSR count). The van der Waals surface area contributed by atoms with E-state index in [9.17, 15) is 9.59 Å². The Morgan fingerprint density at radius 3 is 2.05 bits per heavy atom. The second kappa shape index (κ2) is 6.48. The molecule has 3 nitrogen and oxygen atoms in total. The number of hydrogen-bond donors (Lipinski definition) is 0. The summed E-state index contributed by atoms with van der Waals surface area (Å²) in [6, 6.07) is 17.2. The minimum atomic E-state index is -0.542. The number of rotatable bonds is 4. The highest BCUT2D eigenvalue weighted by Gasteiger charge is 2.03. The molecular formula is C17H14O3. The SMILES string of the molecule is COC(=O)/C=C/C(=O)c1ccc(-c2ccccc2)cc1. The van der Waals surface area contributed by atoms with E-state index in [1.807, 2.05) is 42.5 Å². The Bertz CT molecular complexity index is 625. The van der Waals surface area contributed by atoms with Crippen LogP contribution in [-0.2, 0) is 9.53 Å². The molecule has 0 spiro atoms. The van der Waals surface area contributed by atoms with Gasteiger partial charge in [0.25, 0.3) is 0 Å². The number of ether oxygens (including phenoxy) is 1. The van der Waals surface area contributed by atoms with Crippen molar-refractivity contribution in [2.24, 2.45) is 0 Å². The maximum atomic E-state index is 11.8. The molecule has 100 valence electrons. The standard InChI is InChI=1S/C17H14O3/c1-20-17(19)12-11-16(18)15-9-7-14(8-10-15)13-5-3-2-4-6-13/h2-12H,1H3/b12-11+. The Kier molecular flexibility index (Phi) is 4.45. The predicted molar refractivity (Wildman–Crippen MR) is 77.4 cm³/mol. The van der Waals surface area contributed by atoms with Gasteiger partial charge in [0.2, 0.25) is 0 Å². The molecule has 2 aromatic rings. The fourth-order valence-corrected chi connectivity index (χ4v) is 1.77. The van der Waals surface area contributed by atoms with E-state index in [1.165, 1.54) is 13.2 Å². The highest BCUT2D eigenvalue weighted by molar-refractivity contribution is 6.07. The van der Waals surface area contributed by atoms with Gasteiger partial charge in [0.05, 0.1) is 7.11 Å². The molecule has 0 aliphatic rings. The third-order valence-corrected chi connectivity index (χ3v) is 2.85. The van der Waals surface area contributed by atoms with Gasteiger partial charge in [0, 0.05) is 11.6 Å². The molecule has 0 bridgehead atoms. The molecular weight excluding hydrogens is 252 g/mol. The van der Waals surface area contributed by atoms with E-state index in [1.54, 1.807) is 12.1 Å². The number of carbonyl (C=O) groups is 2. The number of benzene rings is 2. The Hall–Kier alpha value is -2.68. The van der Waals surface area contributed by atoms with E-state index >= 15 is 0 Å². The molecule has 3 heteroatoms. The molecule has 0 radical (unpaired) electrons. The molecule has 0 saturated heterocycles. The molecule has 0 heterocycles. The Morgan fingerprint density at radius 1 is 0.850 bits per heavy atom. The first kappa shape index (κ1) is 13.7. The Morgan fingerprint density at radius 2 is 1.45 bits per heavy atom. The van der Waals surface area contributed by atoms with Crippen molar-refractivity contribution in [3.63, 3.8) is 0 Å². The minimum Gasteiger partial charge on any atom is -0.466 e. The van der Waals surface area contributed by atoms with Crippen molar-refractivity contribution in [2.75, 3.05) is 7.11 Å². The first-order chi connectivity index (χ1) is 9.70. The number of hydrogen-bond acceptors (Lipinski definition) is 3. The van der Waals surface area contributed by atoms with Gasteiger partial charge in [0.1, 0.15) is 0 Å². The lowest BCUT2D eigenvalue weighted by Gasteiger charge is -2.02. The van der Waals surface area contributed by atoms with Crippen LogP contribution in [-0.4, -0.2) is 18.9 Å². The summed E-state index contributed by atoms with van der Waals surface area (Å²) in [4.78, 5) is 22.7. The first-order valence-corrected chi connectivity index (χ1v) is 6.16. The number of allylic oxidation sites excluding steroid dienone is 1. The number of ketones is 1. The van der Waals surface area contributed by atoms with E-state index in [4.69, 9.17) is 0 Å². The number of esters is 1. The molecule has 0 aliphatic heterocycles. The molecule has 0 atom stereocenters. The van der Waals surface area contributed by atoms with Crippen LogP contribution in [0.25, 0.3) is 11.1 Å². The summed E-state index contributed by atoms with van der Waals surface area (Å²) in [5, 5.41) is 0. The first-order valence-electron chi connectivity index (χ1n) is 6.16. The van der Waals surface area contributed by atoms with E-state index in [0.717, 1.165) is 17.2 Å². The smallest absolute Gasteiger partial charge is 0.330 e. The van der Waals surface area contributed by atoms with Crippen molar-refractivity contribution < 1.29 is 14.3 Å². The molecule has 0 amide bonds. The van der Waals surface area contributed by atoms with Crippen LogP contribution in [0.2, 0.25) is 0 Å². The van der Waals surface area contributed by atoms with Gasteiger partial charge in [-0.3, -0.25) is 4.79 Å². The second-order valence-electron chi connectivity index (χ2n) is 4.16. The summed E-state index contributed by atoms with van der Waals surface area (Å²) in [5.41, 5.74) is 2.67. The van der Waals surface area contributed by atoms with Crippen LogP contribution in [0.15, 0.2) is 66.7 Å². The van der Waals surface area contributed by atoms with Crippen LogP contribution in [0.5, 0.6) is 0 Å². The third-order valence-electron chi connectivity index (χ3n) is 2.85. The largest absolute Gasteiger partial charge is 0.466 e. The molecule has 20 heavy (non-hydrogen) atoms. The van der Waals surface area contributed by atoms with Crippen molar-refractivity contribution in [2.45, 2.75) is 0 Å². The maximum Gasteiger partial charge on any atom is 0.330 e. The van der Waals surface area contributed by atoms with Crippen molar-refractivity contribution in [3.05, 3.63) is 72.3 Å². The lowest BCUT2D eigenvalue weighted by molar-refractivity contribution is -0.134. The van der Waals surface area contributed by atoms with Gasteiger partial charge in [-0.15, -0.1) is 0 Å². The minimum absolute atomic E-state index is 0.227. The highest BCUT2D eigenvalue weighted by atomic mass is 16.5. The lowest BCUT2D eigenvalue weighted by atomic mass is 10.0. The van der Waals surface area contributed by atoms with Crippen molar-refractivity contribution in [1.29, 1.82) is 0 Å². The fourth-order valence-electron chi connectivity index (χ4n) is 1.77. The zero-order valence-electron chi connectivity index (χ0n) is 11.1. The van der Waals surface area contributed by atoms with Gasteiger partial charge >= 0.3 is 5.97 Å². The topological polar surface area (TPSA) is 43.4 Å². The van der Waals surface area contributed by atoms with Gasteiger partial charge < -0.3 is 4.74 Å². The second-order valence-corrected chi connectivity index (χ2v) is 4.16. The zero-order valence-corrected chi connectivity index (χ0v) is 11.1. The van der Waals surface area contributed by atoms with E-state index in [0.29, 0.717) is 5.56 Å². The van der Waals surface area contributed by atoms with Crippen molar-refractivity contribution in [1.82, 2.24) is 0 Å². The molecule has 0 unspecified atom stereocenters. The van der Waals surface area contributed by atoms with Gasteiger partial charge in [-0.2, -0.15) is 0 Å². The zero-order chi connectivity index (χ0) is 14.4. The van der Waals surface area contributed by atoms with Crippen LogP contribution in [0.3, 0.4) is 0 Å². The fraction of sp³-hybridized carbons (Fsp3) is 0.0588. The summed E-state index contributed by atoms with van der Waals surface area (Å²) in [5.74, 6) is -0.769. The van der Waals surface area contributed by atoms with Crippen LogP contribution >= 0.6 is 0 Å². The van der Waals surface area contributed by atoms with E-state index < -0.39 is 5.97 Å². The van der Waals surface area contributed by atoms with Crippen LogP contribution < -0.4 is 0 Å². The van der Waals surface area contributed by atoms with Crippen molar-refractivity contribution >= 4 is 11.8 Å². The van der Waals surface area contributed by atoms with E-state index in [-0.39, 0.29) is 5.78 Å². The summed E-state index contributed by atoms with van der Waals surface area (Å²) in [6.45, 7) is 0. The van der Waals surface area contributed by atoms with Crippen LogP contribution in [0.4, 0.5) is 0 Å². The van der Waals surface area contributed by atoms with Gasteiger partial charge in [-0.05, 0) is 17.2 Å². The Labute approximate surface area is 117 Å². The molecule has 0 aliphatic carbocycles. The molecule has 0 N–H and O–H groups in total. The quantitative estimate of drug-likeness (QED) is 0.484. The van der Waals surface area contributed by atoms with Crippen LogP contribution in [0.1, 0.15) is 10.4 Å². The average molecular weight is 266 g/mol. The number of methoxy groups -OCH3 is 1. The summed E-state index contributed by atoms with van der Waals surface area (Å²) in [7, 11) is 1.27. The molecule has 2 aromatic carbocycles. The molecule has 0 aromatic heterocycles. The Balaban J connectivity index is 2.14. The predicted octanol–water partition coefficient (Wildman–Crippen LogP) is 3.27. The average Bonchev–Trinajstić information content (AvgIpc) is 2.53. The monoisotopic (exact) mass is 266 g/mol. The van der Waals surface area contributed by atoms with Gasteiger partial charge in [-0.1, -0.05) is 54.6 Å². The van der Waals surface area contributed by atoms with Crippen LogP contribution in [0, 0.1) is 0 Å². The van der Waals surface area contributed by atoms with Crippen molar-refractivity contribution in [3.8, 4) is 11.1 Å². The highest BCUT2D eigenvalue weighted by Crippen LogP contribution is 2.19. The van der Waals surface area contributed by atoms with E-state index in [2.05, 4.69) is 4.74 Å².